The normalized spacial score (nSPS) is 30.6. The van der Waals surface area contributed by atoms with Gasteiger partial charge in [0, 0.05) is 61.7 Å². The highest BCUT2D eigenvalue weighted by Crippen LogP contribution is 2.38. The summed E-state index contributed by atoms with van der Waals surface area (Å²) in [6.45, 7) is 14.8. The fraction of sp³-hybridized carbons (Fsp3) is 0.815. The first-order valence-electron chi connectivity index (χ1n) is 13.4. The van der Waals surface area contributed by atoms with E-state index in [0.29, 0.717) is 18.0 Å². The van der Waals surface area contributed by atoms with Crippen LogP contribution in [0.2, 0.25) is 0 Å². The van der Waals surface area contributed by atoms with Crippen molar-refractivity contribution in [1.29, 1.82) is 0 Å². The molecule has 3 fully saturated rings. The second kappa shape index (κ2) is 10.5. The lowest BCUT2D eigenvalue weighted by Gasteiger charge is -2.42. The monoisotopic (exact) mass is 471 g/mol. The van der Waals surface area contributed by atoms with Gasteiger partial charge in [-0.15, -0.1) is 0 Å². The van der Waals surface area contributed by atoms with E-state index in [2.05, 4.69) is 48.9 Å². The van der Waals surface area contributed by atoms with Gasteiger partial charge in [0.2, 0.25) is 5.91 Å². The molecule has 34 heavy (non-hydrogen) atoms. The van der Waals surface area contributed by atoms with Crippen LogP contribution in [0.4, 0.5) is 5.82 Å². The predicted octanol–water partition coefficient (Wildman–Crippen LogP) is 3.61. The number of hydrogen-bond acceptors (Lipinski definition) is 6. The molecular formula is C27H45N5O2. The van der Waals surface area contributed by atoms with Gasteiger partial charge in [0.25, 0.3) is 0 Å². The molecule has 1 saturated heterocycles. The molecule has 1 atom stereocenters. The molecule has 4 rings (SSSR count). The number of aromatic nitrogens is 2. The average molecular weight is 472 g/mol. The molecule has 0 radical (unpaired) electrons. The maximum absolute atomic E-state index is 11.3. The molecule has 0 bridgehead atoms. The van der Waals surface area contributed by atoms with Crippen LogP contribution in [0.1, 0.15) is 97.0 Å². The third kappa shape index (κ3) is 6.28. The number of carbonyl (C=O) groups is 1. The van der Waals surface area contributed by atoms with E-state index in [-0.39, 0.29) is 17.4 Å². The molecule has 1 amide bonds. The van der Waals surface area contributed by atoms with E-state index >= 15 is 0 Å². The van der Waals surface area contributed by atoms with Gasteiger partial charge in [-0.2, -0.15) is 0 Å². The lowest BCUT2D eigenvalue weighted by molar-refractivity contribution is -0.119. The molecule has 7 nitrogen and oxygen atoms in total. The summed E-state index contributed by atoms with van der Waals surface area (Å²) in [6, 6.07) is 2.98. The molecule has 190 valence electrons. The van der Waals surface area contributed by atoms with Gasteiger partial charge in [0.1, 0.15) is 11.6 Å². The predicted molar refractivity (Wildman–Crippen MR) is 136 cm³/mol. The minimum atomic E-state index is -0.176. The van der Waals surface area contributed by atoms with Gasteiger partial charge in [-0.1, -0.05) is 20.8 Å². The molecule has 0 spiro atoms. The van der Waals surface area contributed by atoms with Crippen molar-refractivity contribution in [1.82, 2.24) is 20.2 Å². The van der Waals surface area contributed by atoms with E-state index in [4.69, 9.17) is 9.97 Å². The third-order valence-electron chi connectivity index (χ3n) is 8.05. The van der Waals surface area contributed by atoms with Crippen molar-refractivity contribution >= 4 is 11.7 Å². The smallest absolute Gasteiger partial charge is 0.217 e. The maximum atomic E-state index is 11.3. The average Bonchev–Trinajstić information content (AvgIpc) is 2.75. The SMILES string of the molecule is CC(=O)NC1CCC(CCN2CCN(c3cc(C4CC(O)C4)nc(C(C)(C)C)n3)C(C)C2)CC1. The first-order chi connectivity index (χ1) is 16.1. The molecule has 2 aliphatic carbocycles. The molecule has 1 aromatic rings. The van der Waals surface area contributed by atoms with Crippen molar-refractivity contribution in [3.05, 3.63) is 17.6 Å². The molecule has 1 unspecified atom stereocenters. The van der Waals surface area contributed by atoms with Crippen LogP contribution >= 0.6 is 0 Å². The Kier molecular flexibility index (Phi) is 7.82. The lowest BCUT2D eigenvalue weighted by atomic mass is 9.80. The number of hydrogen-bond donors (Lipinski definition) is 2. The highest BCUT2D eigenvalue weighted by atomic mass is 16.3. The summed E-state index contributed by atoms with van der Waals surface area (Å²) in [4.78, 5) is 26.3. The molecule has 2 saturated carbocycles. The summed E-state index contributed by atoms with van der Waals surface area (Å²) in [5.74, 6) is 3.21. The Balaban J connectivity index is 1.33. The summed E-state index contributed by atoms with van der Waals surface area (Å²) in [6.07, 6.45) is 7.42. The molecule has 7 heteroatoms. The summed E-state index contributed by atoms with van der Waals surface area (Å²) in [5.41, 5.74) is 1.00. The van der Waals surface area contributed by atoms with E-state index < -0.39 is 0 Å². The Hall–Kier alpha value is -1.73. The van der Waals surface area contributed by atoms with Gasteiger partial charge in [-0.3, -0.25) is 9.69 Å². The first-order valence-corrected chi connectivity index (χ1v) is 13.4. The number of aliphatic hydroxyl groups excluding tert-OH is 1. The number of carbonyl (C=O) groups excluding carboxylic acids is 1. The van der Waals surface area contributed by atoms with Crippen molar-refractivity contribution < 1.29 is 9.90 Å². The molecule has 3 aliphatic rings. The molecular weight excluding hydrogens is 426 g/mol. The first kappa shape index (κ1) is 25.4. The van der Waals surface area contributed by atoms with E-state index in [0.717, 1.165) is 75.1 Å². The van der Waals surface area contributed by atoms with Gasteiger partial charge in [0.15, 0.2) is 0 Å². The van der Waals surface area contributed by atoms with Gasteiger partial charge in [-0.05, 0) is 64.3 Å². The minimum absolute atomic E-state index is 0.100. The number of rotatable bonds is 6. The van der Waals surface area contributed by atoms with E-state index in [9.17, 15) is 9.90 Å². The van der Waals surface area contributed by atoms with Crippen LogP contribution in [0.5, 0.6) is 0 Å². The lowest BCUT2D eigenvalue weighted by Crippen LogP contribution is -2.52. The van der Waals surface area contributed by atoms with Crippen molar-refractivity contribution in [3.8, 4) is 0 Å². The van der Waals surface area contributed by atoms with Crippen molar-refractivity contribution in [2.75, 3.05) is 31.1 Å². The fourth-order valence-electron chi connectivity index (χ4n) is 5.80. The molecule has 1 aromatic heterocycles. The number of nitrogens with zero attached hydrogens (tertiary/aromatic N) is 4. The number of amides is 1. The Labute approximate surface area is 205 Å². The quantitative estimate of drug-likeness (QED) is 0.660. The van der Waals surface area contributed by atoms with Crippen molar-refractivity contribution in [3.63, 3.8) is 0 Å². The van der Waals surface area contributed by atoms with Crippen LogP contribution in [0.3, 0.4) is 0 Å². The second-order valence-electron chi connectivity index (χ2n) is 12.1. The van der Waals surface area contributed by atoms with Crippen LogP contribution in [0.15, 0.2) is 6.07 Å². The highest BCUT2D eigenvalue weighted by Gasteiger charge is 2.33. The topological polar surface area (TPSA) is 81.6 Å². The summed E-state index contributed by atoms with van der Waals surface area (Å²) in [5, 5.41) is 12.9. The highest BCUT2D eigenvalue weighted by molar-refractivity contribution is 5.73. The van der Waals surface area contributed by atoms with Crippen molar-refractivity contribution in [2.45, 2.75) is 109 Å². The number of anilines is 1. The Bertz CT molecular complexity index is 840. The number of piperazine rings is 1. The maximum Gasteiger partial charge on any atom is 0.217 e. The van der Waals surface area contributed by atoms with Crippen LogP contribution in [-0.2, 0) is 10.2 Å². The van der Waals surface area contributed by atoms with E-state index in [1.165, 1.54) is 19.3 Å². The summed E-state index contributed by atoms with van der Waals surface area (Å²) >= 11 is 0. The zero-order valence-corrected chi connectivity index (χ0v) is 21.9. The number of nitrogens with one attached hydrogen (secondary N) is 1. The molecule has 2 N–H and O–H groups in total. The largest absolute Gasteiger partial charge is 0.393 e. The van der Waals surface area contributed by atoms with E-state index in [1.807, 2.05) is 0 Å². The summed E-state index contributed by atoms with van der Waals surface area (Å²) in [7, 11) is 0. The van der Waals surface area contributed by atoms with Gasteiger partial charge in [0.05, 0.1) is 6.10 Å². The van der Waals surface area contributed by atoms with Crippen LogP contribution in [0.25, 0.3) is 0 Å². The minimum Gasteiger partial charge on any atom is -0.393 e. The Morgan fingerprint density at radius 1 is 1.15 bits per heavy atom. The summed E-state index contributed by atoms with van der Waals surface area (Å²) < 4.78 is 0. The van der Waals surface area contributed by atoms with Crippen LogP contribution in [0, 0.1) is 5.92 Å². The van der Waals surface area contributed by atoms with Crippen LogP contribution in [-0.4, -0.2) is 70.2 Å². The fourth-order valence-corrected chi connectivity index (χ4v) is 5.80. The second-order valence-corrected chi connectivity index (χ2v) is 12.1. The van der Waals surface area contributed by atoms with Gasteiger partial charge < -0.3 is 15.3 Å². The Morgan fingerprint density at radius 3 is 2.44 bits per heavy atom. The third-order valence-corrected chi connectivity index (χ3v) is 8.05. The number of aliphatic hydroxyl groups is 1. The molecule has 2 heterocycles. The van der Waals surface area contributed by atoms with E-state index in [1.54, 1.807) is 6.92 Å². The van der Waals surface area contributed by atoms with Gasteiger partial charge >= 0.3 is 0 Å². The Morgan fingerprint density at radius 2 is 1.85 bits per heavy atom. The van der Waals surface area contributed by atoms with Crippen LogP contribution < -0.4 is 10.2 Å². The molecule has 1 aliphatic heterocycles. The zero-order valence-electron chi connectivity index (χ0n) is 21.9. The van der Waals surface area contributed by atoms with Crippen molar-refractivity contribution in [2.24, 2.45) is 5.92 Å². The van der Waals surface area contributed by atoms with Gasteiger partial charge in [-0.25, -0.2) is 9.97 Å². The standard InChI is InChI=1S/C27H45N5O2/c1-18-17-31(11-10-20-6-8-22(9-7-20)28-19(2)33)12-13-32(18)25-16-24(21-14-23(34)15-21)29-26(30-25)27(3,4)5/h16,18,20-23,34H,6-15,17H2,1-5H3,(H,28,33). The zero-order chi connectivity index (χ0) is 24.5. The molecule has 0 aromatic carbocycles.